The summed E-state index contributed by atoms with van der Waals surface area (Å²) < 4.78 is 36.5. The molecule has 0 aliphatic heterocycles. The van der Waals surface area contributed by atoms with Gasteiger partial charge in [-0.15, -0.1) is 0 Å². The van der Waals surface area contributed by atoms with Crippen molar-refractivity contribution in [2.75, 3.05) is 6.54 Å². The van der Waals surface area contributed by atoms with Crippen LogP contribution < -0.4 is 11.1 Å². The summed E-state index contributed by atoms with van der Waals surface area (Å²) in [5.41, 5.74) is 1.88. The maximum absolute atomic E-state index is 12.2. The van der Waals surface area contributed by atoms with Crippen molar-refractivity contribution in [2.24, 2.45) is 5.73 Å². The third kappa shape index (κ3) is 3.15. The zero-order valence-electron chi connectivity index (χ0n) is 7.85. The van der Waals surface area contributed by atoms with Crippen molar-refractivity contribution < 1.29 is 23.1 Å². The smallest absolute Gasteiger partial charge is 0.392 e. The quantitative estimate of drug-likeness (QED) is 0.607. The number of aliphatic hydroxyl groups excluding tert-OH is 1. The number of halogens is 3. The number of aliphatic hydroxyl groups is 1. The molecule has 0 saturated heterocycles. The van der Waals surface area contributed by atoms with Crippen LogP contribution in [-0.2, 0) is 4.79 Å². The zero-order chi connectivity index (χ0) is 11.6. The fourth-order valence-corrected chi connectivity index (χ4v) is 0.553. The van der Waals surface area contributed by atoms with Gasteiger partial charge in [-0.05, 0) is 13.8 Å². The van der Waals surface area contributed by atoms with Gasteiger partial charge in [-0.1, -0.05) is 0 Å². The van der Waals surface area contributed by atoms with Crippen LogP contribution >= 0.6 is 0 Å². The number of rotatable bonds is 3. The summed E-state index contributed by atoms with van der Waals surface area (Å²) in [4.78, 5) is 10.9. The molecule has 0 aliphatic rings. The van der Waals surface area contributed by atoms with Gasteiger partial charge in [-0.2, -0.15) is 13.2 Å². The van der Waals surface area contributed by atoms with Crippen molar-refractivity contribution in [1.82, 2.24) is 5.32 Å². The second-order valence-electron chi connectivity index (χ2n) is 3.26. The number of amides is 1. The lowest BCUT2D eigenvalue weighted by molar-refractivity contribution is -0.187. The molecule has 0 aromatic rings. The molecule has 0 saturated carbocycles. The fourth-order valence-electron chi connectivity index (χ4n) is 0.553. The Labute approximate surface area is 79.3 Å². The number of nitrogens with one attached hydrogen (secondary N) is 1. The first kappa shape index (κ1) is 13.2. The second-order valence-corrected chi connectivity index (χ2v) is 3.26. The Morgan fingerprint density at radius 1 is 1.57 bits per heavy atom. The van der Waals surface area contributed by atoms with Gasteiger partial charge in [0.05, 0.1) is 6.10 Å². The lowest BCUT2D eigenvalue weighted by atomic mass is 10.0. The molecule has 0 spiro atoms. The van der Waals surface area contributed by atoms with Crippen LogP contribution in [0.5, 0.6) is 0 Å². The van der Waals surface area contributed by atoms with Gasteiger partial charge in [0.15, 0.2) is 5.54 Å². The fraction of sp³-hybridized carbons (Fsp3) is 0.857. The average molecular weight is 214 g/mol. The molecule has 0 bridgehead atoms. The standard InChI is InChI=1S/C7H13F3N2O2/c1-4(13)3-12-5(14)6(2,11)7(8,9)10/h4,13H,3,11H2,1-2H3,(H,12,14). The summed E-state index contributed by atoms with van der Waals surface area (Å²) in [6.07, 6.45) is -5.72. The van der Waals surface area contributed by atoms with Crippen molar-refractivity contribution in [3.05, 3.63) is 0 Å². The van der Waals surface area contributed by atoms with E-state index in [2.05, 4.69) is 0 Å². The predicted molar refractivity (Wildman–Crippen MR) is 43.3 cm³/mol. The van der Waals surface area contributed by atoms with Gasteiger partial charge >= 0.3 is 6.18 Å². The van der Waals surface area contributed by atoms with Crippen LogP contribution in [0, 0.1) is 0 Å². The largest absolute Gasteiger partial charge is 0.415 e. The Hall–Kier alpha value is -0.820. The summed E-state index contributed by atoms with van der Waals surface area (Å²) in [6.45, 7) is 1.65. The molecule has 14 heavy (non-hydrogen) atoms. The SMILES string of the molecule is CC(O)CNC(=O)C(C)(N)C(F)(F)F. The number of hydrogen-bond donors (Lipinski definition) is 3. The van der Waals surface area contributed by atoms with E-state index >= 15 is 0 Å². The van der Waals surface area contributed by atoms with Gasteiger partial charge in [0.1, 0.15) is 0 Å². The normalized spacial score (nSPS) is 18.5. The van der Waals surface area contributed by atoms with Gasteiger partial charge in [-0.25, -0.2) is 0 Å². The lowest BCUT2D eigenvalue weighted by Crippen LogP contribution is -2.61. The number of nitrogens with two attached hydrogens (primary N) is 1. The third-order valence-electron chi connectivity index (χ3n) is 1.62. The zero-order valence-corrected chi connectivity index (χ0v) is 7.85. The minimum atomic E-state index is -4.81. The second kappa shape index (κ2) is 4.14. The van der Waals surface area contributed by atoms with Gasteiger partial charge < -0.3 is 16.2 Å². The molecular formula is C7H13F3N2O2. The number of alkyl halides is 3. The topological polar surface area (TPSA) is 75.3 Å². The van der Waals surface area contributed by atoms with E-state index in [-0.39, 0.29) is 6.54 Å². The first-order chi connectivity index (χ1) is 6.09. The molecular weight excluding hydrogens is 201 g/mol. The van der Waals surface area contributed by atoms with Crippen molar-refractivity contribution in [3.8, 4) is 0 Å². The summed E-state index contributed by atoms with van der Waals surface area (Å²) in [5.74, 6) is -1.36. The summed E-state index contributed by atoms with van der Waals surface area (Å²) in [7, 11) is 0. The van der Waals surface area contributed by atoms with Crippen LogP contribution in [0.25, 0.3) is 0 Å². The number of hydrogen-bond acceptors (Lipinski definition) is 3. The predicted octanol–water partition coefficient (Wildman–Crippen LogP) is -0.237. The Morgan fingerprint density at radius 2 is 2.00 bits per heavy atom. The Kier molecular flexibility index (Phi) is 3.90. The van der Waals surface area contributed by atoms with Crippen molar-refractivity contribution in [3.63, 3.8) is 0 Å². The molecule has 2 unspecified atom stereocenters. The molecule has 4 N–H and O–H groups in total. The molecule has 2 atom stereocenters. The lowest BCUT2D eigenvalue weighted by Gasteiger charge is -2.26. The van der Waals surface area contributed by atoms with E-state index in [1.165, 1.54) is 6.92 Å². The Balaban J connectivity index is 4.38. The van der Waals surface area contributed by atoms with Crippen LogP contribution in [0.15, 0.2) is 0 Å². The Bertz CT molecular complexity index is 213. The van der Waals surface area contributed by atoms with Crippen LogP contribution in [0.3, 0.4) is 0 Å². The monoisotopic (exact) mass is 214 g/mol. The molecule has 0 heterocycles. The van der Waals surface area contributed by atoms with E-state index in [1.54, 1.807) is 0 Å². The molecule has 0 rings (SSSR count). The molecule has 0 aliphatic carbocycles. The first-order valence-electron chi connectivity index (χ1n) is 3.91. The highest BCUT2D eigenvalue weighted by Crippen LogP contribution is 2.27. The molecule has 0 aromatic heterocycles. The molecule has 0 aromatic carbocycles. The van der Waals surface area contributed by atoms with E-state index in [0.717, 1.165) is 0 Å². The maximum Gasteiger partial charge on any atom is 0.415 e. The van der Waals surface area contributed by atoms with Crippen LogP contribution in [0.1, 0.15) is 13.8 Å². The van der Waals surface area contributed by atoms with Gasteiger partial charge in [0.25, 0.3) is 0 Å². The van der Waals surface area contributed by atoms with Gasteiger partial charge in [-0.3, -0.25) is 4.79 Å². The molecule has 84 valence electrons. The highest BCUT2D eigenvalue weighted by atomic mass is 19.4. The van der Waals surface area contributed by atoms with Crippen LogP contribution in [0.4, 0.5) is 13.2 Å². The van der Waals surface area contributed by atoms with Crippen LogP contribution in [0.2, 0.25) is 0 Å². The minimum Gasteiger partial charge on any atom is -0.392 e. The average Bonchev–Trinajstić information content (AvgIpc) is 1.97. The van der Waals surface area contributed by atoms with E-state index < -0.39 is 23.7 Å². The summed E-state index contributed by atoms with van der Waals surface area (Å²) >= 11 is 0. The molecule has 7 heteroatoms. The maximum atomic E-state index is 12.2. The van der Waals surface area contributed by atoms with E-state index in [9.17, 15) is 18.0 Å². The number of carbonyl (C=O) groups is 1. The van der Waals surface area contributed by atoms with Crippen molar-refractivity contribution >= 4 is 5.91 Å². The third-order valence-corrected chi connectivity index (χ3v) is 1.62. The highest BCUT2D eigenvalue weighted by Gasteiger charge is 2.53. The molecule has 4 nitrogen and oxygen atoms in total. The molecule has 1 amide bonds. The van der Waals surface area contributed by atoms with E-state index in [0.29, 0.717) is 6.92 Å². The highest BCUT2D eigenvalue weighted by molar-refractivity contribution is 5.86. The van der Waals surface area contributed by atoms with Gasteiger partial charge in [0, 0.05) is 6.54 Å². The van der Waals surface area contributed by atoms with E-state index in [4.69, 9.17) is 10.8 Å². The van der Waals surface area contributed by atoms with E-state index in [1.807, 2.05) is 5.32 Å². The number of carbonyl (C=O) groups excluding carboxylic acids is 1. The van der Waals surface area contributed by atoms with Crippen molar-refractivity contribution in [2.45, 2.75) is 31.7 Å². The minimum absolute atomic E-state index is 0.262. The van der Waals surface area contributed by atoms with Crippen LogP contribution in [-0.4, -0.2) is 35.4 Å². The molecule has 0 radical (unpaired) electrons. The summed E-state index contributed by atoms with van der Waals surface area (Å²) in [5, 5.41) is 10.6. The van der Waals surface area contributed by atoms with Crippen molar-refractivity contribution in [1.29, 1.82) is 0 Å². The molecule has 0 fully saturated rings. The summed E-state index contributed by atoms with van der Waals surface area (Å²) in [6, 6.07) is 0. The first-order valence-corrected chi connectivity index (χ1v) is 3.91. The Morgan fingerprint density at radius 3 is 2.29 bits per heavy atom. The van der Waals surface area contributed by atoms with Gasteiger partial charge in [0.2, 0.25) is 5.91 Å².